The van der Waals surface area contributed by atoms with Crippen molar-refractivity contribution in [3.63, 3.8) is 0 Å². The first kappa shape index (κ1) is 14.7. The van der Waals surface area contributed by atoms with Gasteiger partial charge in [-0.3, -0.25) is 4.79 Å². The fourth-order valence-corrected chi connectivity index (χ4v) is 3.40. The van der Waals surface area contributed by atoms with Crippen LogP contribution >= 0.6 is 15.9 Å². The predicted molar refractivity (Wildman–Crippen MR) is 80.6 cm³/mol. The number of halogens is 1. The number of Topliss-reactive ketones (excluding diaryl/α,β-unsaturated/α-hetero) is 1. The minimum atomic E-state index is -0.0331. The molecular weight excluding hydrogens is 304 g/mol. The van der Waals surface area contributed by atoms with Gasteiger partial charge in [0.15, 0.2) is 5.78 Å². The molecule has 4 atom stereocenters. The van der Waals surface area contributed by atoms with Gasteiger partial charge in [-0.05, 0) is 56.9 Å². The largest absolute Gasteiger partial charge is 0.374 e. The van der Waals surface area contributed by atoms with E-state index in [0.717, 1.165) is 21.2 Å². The number of carbonyl (C=O) groups excluding carboxylic acids is 1. The molecule has 0 aliphatic carbocycles. The van der Waals surface area contributed by atoms with Crippen LogP contribution in [0.5, 0.6) is 0 Å². The summed E-state index contributed by atoms with van der Waals surface area (Å²) in [6, 6.07) is 4.02. The number of hydrogen-bond acceptors (Lipinski definition) is 2. The van der Waals surface area contributed by atoms with E-state index in [4.69, 9.17) is 4.74 Å². The number of ether oxygens (including phenoxy) is 1. The molecule has 0 saturated carbocycles. The molecule has 2 rings (SSSR count). The highest BCUT2D eigenvalue weighted by Crippen LogP contribution is 2.35. The van der Waals surface area contributed by atoms with Gasteiger partial charge in [0.1, 0.15) is 0 Å². The van der Waals surface area contributed by atoms with Crippen LogP contribution in [0.25, 0.3) is 0 Å². The highest BCUT2D eigenvalue weighted by Gasteiger charge is 2.42. The lowest BCUT2D eigenvalue weighted by atomic mass is 9.82. The third-order valence-corrected chi connectivity index (χ3v) is 5.17. The van der Waals surface area contributed by atoms with Gasteiger partial charge in [-0.25, -0.2) is 0 Å². The second kappa shape index (κ2) is 5.37. The molecule has 1 fully saturated rings. The van der Waals surface area contributed by atoms with Gasteiger partial charge in [0.2, 0.25) is 0 Å². The van der Waals surface area contributed by atoms with E-state index >= 15 is 0 Å². The van der Waals surface area contributed by atoms with E-state index in [1.54, 1.807) is 0 Å². The fraction of sp³-hybridized carbons (Fsp3) is 0.562. The van der Waals surface area contributed by atoms with Crippen LogP contribution in [0, 0.1) is 25.7 Å². The molecule has 2 nitrogen and oxygen atoms in total. The summed E-state index contributed by atoms with van der Waals surface area (Å²) in [4.78, 5) is 12.8. The minimum absolute atomic E-state index is 0.000790. The molecule has 1 saturated heterocycles. The lowest BCUT2D eigenvalue weighted by Gasteiger charge is -2.19. The summed E-state index contributed by atoms with van der Waals surface area (Å²) in [5, 5.41) is 0. The van der Waals surface area contributed by atoms with Gasteiger partial charge in [0.05, 0.1) is 18.1 Å². The Kier molecular flexibility index (Phi) is 4.17. The van der Waals surface area contributed by atoms with Crippen LogP contribution in [0.1, 0.15) is 42.3 Å². The average molecular weight is 325 g/mol. The van der Waals surface area contributed by atoms with E-state index in [-0.39, 0.29) is 29.8 Å². The molecular formula is C16H21BrO2. The summed E-state index contributed by atoms with van der Waals surface area (Å²) < 4.78 is 6.85. The van der Waals surface area contributed by atoms with Crippen molar-refractivity contribution >= 4 is 21.7 Å². The van der Waals surface area contributed by atoms with Gasteiger partial charge in [-0.2, -0.15) is 0 Å². The summed E-state index contributed by atoms with van der Waals surface area (Å²) in [6.45, 7) is 10.2. The Balaban J connectivity index is 2.37. The zero-order valence-corrected chi connectivity index (χ0v) is 13.7. The highest BCUT2D eigenvalue weighted by atomic mass is 79.9. The molecule has 0 aromatic heterocycles. The van der Waals surface area contributed by atoms with Crippen molar-refractivity contribution in [2.75, 3.05) is 0 Å². The Bertz CT molecular complexity index is 510. The molecule has 1 aliphatic heterocycles. The molecule has 1 aliphatic rings. The van der Waals surface area contributed by atoms with Crippen molar-refractivity contribution < 1.29 is 9.53 Å². The fourth-order valence-electron chi connectivity index (χ4n) is 2.94. The van der Waals surface area contributed by atoms with Gasteiger partial charge in [-0.1, -0.05) is 22.9 Å². The second-order valence-electron chi connectivity index (χ2n) is 5.71. The van der Waals surface area contributed by atoms with Crippen LogP contribution in [0.15, 0.2) is 16.6 Å². The molecule has 0 bridgehead atoms. The first-order valence-corrected chi connectivity index (χ1v) is 7.58. The van der Waals surface area contributed by atoms with Gasteiger partial charge >= 0.3 is 0 Å². The summed E-state index contributed by atoms with van der Waals surface area (Å²) >= 11 is 3.51. The van der Waals surface area contributed by atoms with E-state index in [0.29, 0.717) is 0 Å². The predicted octanol–water partition coefficient (Wildman–Crippen LogP) is 4.31. The number of rotatable bonds is 2. The molecule has 0 amide bonds. The van der Waals surface area contributed by atoms with Crippen molar-refractivity contribution in [1.82, 2.24) is 0 Å². The minimum Gasteiger partial charge on any atom is -0.374 e. The van der Waals surface area contributed by atoms with Crippen LogP contribution in [-0.2, 0) is 4.74 Å². The SMILES string of the molecule is Cc1cc(C(=O)C2C(C)OC(C)C2C)c(C)cc1Br. The third-order valence-electron chi connectivity index (χ3n) is 4.32. The molecule has 4 unspecified atom stereocenters. The van der Waals surface area contributed by atoms with Crippen molar-refractivity contribution in [3.05, 3.63) is 33.3 Å². The maximum Gasteiger partial charge on any atom is 0.169 e. The first-order chi connectivity index (χ1) is 8.82. The molecule has 0 spiro atoms. The van der Waals surface area contributed by atoms with Gasteiger partial charge in [0.25, 0.3) is 0 Å². The Morgan fingerprint density at radius 3 is 2.26 bits per heavy atom. The number of hydrogen-bond donors (Lipinski definition) is 0. The van der Waals surface area contributed by atoms with Gasteiger partial charge in [0, 0.05) is 10.0 Å². The van der Waals surface area contributed by atoms with E-state index in [1.165, 1.54) is 0 Å². The molecule has 104 valence electrons. The summed E-state index contributed by atoms with van der Waals surface area (Å²) in [5.74, 6) is 0.456. The lowest BCUT2D eigenvalue weighted by molar-refractivity contribution is 0.0491. The quantitative estimate of drug-likeness (QED) is 0.758. The normalized spacial score (nSPS) is 30.6. The number of ketones is 1. The van der Waals surface area contributed by atoms with Gasteiger partial charge < -0.3 is 4.74 Å². The van der Waals surface area contributed by atoms with Crippen LogP contribution in [0.4, 0.5) is 0 Å². The molecule has 1 heterocycles. The Labute approximate surface area is 123 Å². The smallest absolute Gasteiger partial charge is 0.169 e. The summed E-state index contributed by atoms with van der Waals surface area (Å²) in [5.41, 5.74) is 2.96. The number of benzene rings is 1. The maximum absolute atomic E-state index is 12.8. The van der Waals surface area contributed by atoms with Crippen LogP contribution in [0.2, 0.25) is 0 Å². The van der Waals surface area contributed by atoms with E-state index in [1.807, 2.05) is 39.8 Å². The average Bonchev–Trinajstić information content (AvgIpc) is 2.57. The first-order valence-electron chi connectivity index (χ1n) is 6.79. The molecule has 0 radical (unpaired) electrons. The Morgan fingerprint density at radius 2 is 1.74 bits per heavy atom. The van der Waals surface area contributed by atoms with E-state index in [9.17, 15) is 4.79 Å². The Morgan fingerprint density at radius 1 is 1.11 bits per heavy atom. The zero-order chi connectivity index (χ0) is 14.3. The van der Waals surface area contributed by atoms with Gasteiger partial charge in [-0.15, -0.1) is 0 Å². The van der Waals surface area contributed by atoms with Crippen LogP contribution in [-0.4, -0.2) is 18.0 Å². The zero-order valence-electron chi connectivity index (χ0n) is 12.2. The highest BCUT2D eigenvalue weighted by molar-refractivity contribution is 9.10. The molecule has 19 heavy (non-hydrogen) atoms. The second-order valence-corrected chi connectivity index (χ2v) is 6.57. The van der Waals surface area contributed by atoms with Crippen LogP contribution < -0.4 is 0 Å². The topological polar surface area (TPSA) is 26.3 Å². The summed E-state index contributed by atoms with van der Waals surface area (Å²) in [6.07, 6.45) is 0.154. The number of carbonyl (C=O) groups is 1. The molecule has 3 heteroatoms. The lowest BCUT2D eigenvalue weighted by Crippen LogP contribution is -2.27. The maximum atomic E-state index is 12.8. The monoisotopic (exact) mass is 324 g/mol. The van der Waals surface area contributed by atoms with Crippen molar-refractivity contribution in [2.24, 2.45) is 11.8 Å². The number of aryl methyl sites for hydroxylation is 2. The molecule has 0 N–H and O–H groups in total. The van der Waals surface area contributed by atoms with Crippen molar-refractivity contribution in [1.29, 1.82) is 0 Å². The third kappa shape index (κ3) is 2.63. The van der Waals surface area contributed by atoms with Crippen LogP contribution in [0.3, 0.4) is 0 Å². The molecule has 1 aromatic rings. The van der Waals surface area contributed by atoms with E-state index in [2.05, 4.69) is 22.9 Å². The standard InChI is InChI=1S/C16H21BrO2/c1-8-7-14(17)9(2)6-13(8)16(18)15-10(3)11(4)19-12(15)5/h6-7,10-12,15H,1-5H3. The van der Waals surface area contributed by atoms with Crippen molar-refractivity contribution in [2.45, 2.75) is 46.8 Å². The van der Waals surface area contributed by atoms with Crippen molar-refractivity contribution in [3.8, 4) is 0 Å². The Hall–Kier alpha value is -0.670. The summed E-state index contributed by atoms with van der Waals surface area (Å²) in [7, 11) is 0. The van der Waals surface area contributed by atoms with E-state index < -0.39 is 0 Å². The molecule has 1 aromatic carbocycles.